The van der Waals surface area contributed by atoms with E-state index in [0.29, 0.717) is 0 Å². The zero-order valence-corrected chi connectivity index (χ0v) is 38.0. The minimum Gasteiger partial charge on any atom is -0.355 e. The molecular weight excluding hydrogens is 689 g/mol. The van der Waals surface area contributed by atoms with Crippen molar-refractivity contribution in [3.63, 3.8) is 0 Å². The minimum atomic E-state index is 0.0287. The number of rotatable bonds is 6. The van der Waals surface area contributed by atoms with Crippen LogP contribution in [0.3, 0.4) is 0 Å². The highest BCUT2D eigenvalue weighted by Crippen LogP contribution is 2.50. The number of benzene rings is 5. The van der Waals surface area contributed by atoms with Gasteiger partial charge in [0.25, 0.3) is 0 Å². The van der Waals surface area contributed by atoms with Crippen molar-refractivity contribution < 1.29 is 0 Å². The molecule has 2 heteroatoms. The summed E-state index contributed by atoms with van der Waals surface area (Å²) in [5.41, 5.74) is 18.8. The van der Waals surface area contributed by atoms with Gasteiger partial charge in [-0.05, 0) is 164 Å². The first-order valence-electron chi connectivity index (χ1n) is 21.6. The summed E-state index contributed by atoms with van der Waals surface area (Å²) in [6, 6.07) is 37.9. The summed E-state index contributed by atoms with van der Waals surface area (Å²) < 4.78 is 0. The van der Waals surface area contributed by atoms with Crippen molar-refractivity contribution >= 4 is 28.4 Å². The number of nitrogens with zero attached hydrogens (tertiary/aromatic N) is 1. The first-order chi connectivity index (χ1) is 26.4. The van der Waals surface area contributed by atoms with Gasteiger partial charge in [0.1, 0.15) is 0 Å². The van der Waals surface area contributed by atoms with Crippen LogP contribution in [0, 0.1) is 6.92 Å². The number of hydrogen-bond acceptors (Lipinski definition) is 2. The van der Waals surface area contributed by atoms with Gasteiger partial charge in [-0.1, -0.05) is 139 Å². The second-order valence-corrected chi connectivity index (χ2v) is 22.4. The molecule has 0 aliphatic heterocycles. The molecule has 0 fully saturated rings. The van der Waals surface area contributed by atoms with Crippen LogP contribution in [0.2, 0.25) is 0 Å². The van der Waals surface area contributed by atoms with Crippen LogP contribution in [0.1, 0.15) is 162 Å². The summed E-state index contributed by atoms with van der Waals surface area (Å²) in [5.74, 6) is 0. The third-order valence-electron chi connectivity index (χ3n) is 13.7. The van der Waals surface area contributed by atoms with Gasteiger partial charge in [-0.2, -0.15) is 0 Å². The van der Waals surface area contributed by atoms with E-state index < -0.39 is 0 Å². The molecule has 7 rings (SSSR count). The van der Waals surface area contributed by atoms with Crippen molar-refractivity contribution in [2.24, 2.45) is 0 Å². The first-order valence-corrected chi connectivity index (χ1v) is 21.6. The van der Waals surface area contributed by atoms with E-state index in [1.54, 1.807) is 0 Å². The van der Waals surface area contributed by atoms with Gasteiger partial charge in [0.2, 0.25) is 0 Å². The van der Waals surface area contributed by atoms with Crippen molar-refractivity contribution in [1.82, 2.24) is 0 Å². The number of anilines is 5. The van der Waals surface area contributed by atoms with Crippen LogP contribution in [0.4, 0.5) is 28.4 Å². The summed E-state index contributed by atoms with van der Waals surface area (Å²) in [7, 11) is 0. The van der Waals surface area contributed by atoms with Crippen LogP contribution >= 0.6 is 0 Å². The van der Waals surface area contributed by atoms with Gasteiger partial charge in [-0.25, -0.2) is 0 Å². The normalized spacial score (nSPS) is 18.0. The van der Waals surface area contributed by atoms with Crippen molar-refractivity contribution in [2.45, 2.75) is 162 Å². The Kier molecular flexibility index (Phi) is 9.99. The van der Waals surface area contributed by atoms with Gasteiger partial charge in [0.15, 0.2) is 0 Å². The molecule has 0 saturated heterocycles. The van der Waals surface area contributed by atoms with E-state index in [4.69, 9.17) is 0 Å². The van der Waals surface area contributed by atoms with Gasteiger partial charge in [-0.3, -0.25) is 0 Å². The molecule has 5 aromatic rings. The average molecular weight is 759 g/mol. The Hall–Kier alpha value is -4.30. The summed E-state index contributed by atoms with van der Waals surface area (Å²) in [6.07, 6.45) is 4.81. The predicted octanol–water partition coefficient (Wildman–Crippen LogP) is 16.2. The summed E-state index contributed by atoms with van der Waals surface area (Å²) in [5, 5.41) is 3.98. The Morgan fingerprint density at radius 2 is 0.947 bits per heavy atom. The minimum absolute atomic E-state index is 0.0287. The standard InChI is InChI=1S/C55H70N2/c1-36-30-40(56-49-25-19-39(51(5,6)7)33-44(49)37-16-23-45-47(32-37)54(12,13)28-26-52(45,8)9)34-43(31-36)57(41-20-17-38(18-21-41)50(2,3)4)42-22-24-46-48(35-42)55(14,15)29-27-53(46,10)11/h16-25,30-35,56H,26-29H2,1-15H3. The van der Waals surface area contributed by atoms with Crippen molar-refractivity contribution in [3.8, 4) is 11.1 Å². The van der Waals surface area contributed by atoms with E-state index in [9.17, 15) is 0 Å². The SMILES string of the molecule is Cc1cc(Nc2ccc(C(C)(C)C)cc2-c2ccc3c(c2)C(C)(C)CCC3(C)C)cc(N(c2ccc(C(C)(C)C)cc2)c2ccc3c(c2)C(C)(C)CCC3(C)C)c1. The lowest BCUT2D eigenvalue weighted by molar-refractivity contribution is 0.332. The van der Waals surface area contributed by atoms with E-state index in [2.05, 4.69) is 211 Å². The lowest BCUT2D eigenvalue weighted by Gasteiger charge is -2.42. The van der Waals surface area contributed by atoms with Gasteiger partial charge >= 0.3 is 0 Å². The maximum absolute atomic E-state index is 3.98. The third kappa shape index (κ3) is 7.96. The Morgan fingerprint density at radius 1 is 0.456 bits per heavy atom. The second kappa shape index (κ2) is 13.9. The highest BCUT2D eigenvalue weighted by molar-refractivity contribution is 5.85. The molecule has 57 heavy (non-hydrogen) atoms. The largest absolute Gasteiger partial charge is 0.355 e. The van der Waals surface area contributed by atoms with Crippen LogP contribution in [-0.2, 0) is 32.5 Å². The molecule has 0 unspecified atom stereocenters. The topological polar surface area (TPSA) is 15.3 Å². The Balaban J connectivity index is 1.37. The summed E-state index contributed by atoms with van der Waals surface area (Å²) in [4.78, 5) is 2.47. The lowest BCUT2D eigenvalue weighted by Crippen LogP contribution is -2.34. The maximum atomic E-state index is 3.98. The van der Waals surface area contributed by atoms with Crippen LogP contribution in [0.15, 0.2) is 97.1 Å². The highest BCUT2D eigenvalue weighted by Gasteiger charge is 2.39. The average Bonchev–Trinajstić information content (AvgIpc) is 3.12. The second-order valence-electron chi connectivity index (χ2n) is 22.4. The Morgan fingerprint density at radius 3 is 1.51 bits per heavy atom. The molecule has 0 atom stereocenters. The number of hydrogen-bond donors (Lipinski definition) is 1. The van der Waals surface area contributed by atoms with E-state index in [1.165, 1.54) is 87.1 Å². The zero-order chi connectivity index (χ0) is 41.5. The molecule has 0 amide bonds. The maximum Gasteiger partial charge on any atom is 0.0484 e. The first kappa shape index (κ1) is 40.9. The number of fused-ring (bicyclic) bond motifs is 2. The fourth-order valence-corrected chi connectivity index (χ4v) is 9.51. The fraction of sp³-hybridized carbons (Fsp3) is 0.455. The smallest absolute Gasteiger partial charge is 0.0484 e. The van der Waals surface area contributed by atoms with Gasteiger partial charge in [0, 0.05) is 34.0 Å². The fourth-order valence-electron chi connectivity index (χ4n) is 9.51. The van der Waals surface area contributed by atoms with Gasteiger partial charge in [-0.15, -0.1) is 0 Å². The van der Waals surface area contributed by atoms with Gasteiger partial charge in [0.05, 0.1) is 0 Å². The lowest BCUT2D eigenvalue weighted by atomic mass is 9.63. The molecule has 2 aliphatic rings. The predicted molar refractivity (Wildman–Crippen MR) is 249 cm³/mol. The number of aryl methyl sites for hydroxylation is 1. The third-order valence-corrected chi connectivity index (χ3v) is 13.7. The molecule has 0 heterocycles. The van der Waals surface area contributed by atoms with E-state index in [1.807, 2.05) is 0 Å². The number of nitrogens with one attached hydrogen (secondary N) is 1. The molecule has 5 aromatic carbocycles. The molecule has 2 nitrogen and oxygen atoms in total. The summed E-state index contributed by atoms with van der Waals surface area (Å²) in [6.45, 7) is 35.4. The van der Waals surface area contributed by atoms with Gasteiger partial charge < -0.3 is 10.2 Å². The van der Waals surface area contributed by atoms with Crippen LogP contribution < -0.4 is 10.2 Å². The molecule has 2 aliphatic carbocycles. The molecule has 0 bridgehead atoms. The molecule has 1 N–H and O–H groups in total. The van der Waals surface area contributed by atoms with E-state index in [-0.39, 0.29) is 32.5 Å². The van der Waals surface area contributed by atoms with Crippen LogP contribution in [0.25, 0.3) is 11.1 Å². The quantitative estimate of drug-likeness (QED) is 0.185. The molecular formula is C55H70N2. The highest BCUT2D eigenvalue weighted by atomic mass is 15.1. The van der Waals surface area contributed by atoms with Crippen molar-refractivity contribution in [2.75, 3.05) is 10.2 Å². The van der Waals surface area contributed by atoms with Crippen LogP contribution in [0.5, 0.6) is 0 Å². The van der Waals surface area contributed by atoms with Crippen molar-refractivity contribution in [3.05, 3.63) is 136 Å². The molecule has 300 valence electrons. The Bertz CT molecular complexity index is 2300. The molecule has 0 spiro atoms. The summed E-state index contributed by atoms with van der Waals surface area (Å²) >= 11 is 0. The van der Waals surface area contributed by atoms with E-state index >= 15 is 0 Å². The van der Waals surface area contributed by atoms with Crippen molar-refractivity contribution in [1.29, 1.82) is 0 Å². The monoisotopic (exact) mass is 759 g/mol. The molecule has 0 radical (unpaired) electrons. The zero-order valence-electron chi connectivity index (χ0n) is 38.0. The molecule has 0 saturated carbocycles. The van der Waals surface area contributed by atoms with E-state index in [0.717, 1.165) is 17.1 Å². The Labute approximate surface area is 346 Å². The molecule has 0 aromatic heterocycles. The van der Waals surface area contributed by atoms with Crippen LogP contribution in [-0.4, -0.2) is 0 Å².